The number of aromatic nitrogens is 1. The van der Waals surface area contributed by atoms with Crippen LogP contribution in [0.15, 0.2) is 18.7 Å². The van der Waals surface area contributed by atoms with Gasteiger partial charge in [-0.1, -0.05) is 13.0 Å². The predicted molar refractivity (Wildman–Crippen MR) is 71.4 cm³/mol. The molecule has 0 amide bonds. The third-order valence-electron chi connectivity index (χ3n) is 2.55. The lowest BCUT2D eigenvalue weighted by Gasteiger charge is -2.13. The molecule has 0 saturated heterocycles. The number of pyridine rings is 1. The van der Waals surface area contributed by atoms with Crippen molar-refractivity contribution in [2.24, 2.45) is 0 Å². The lowest BCUT2D eigenvalue weighted by molar-refractivity contribution is 0.307. The van der Waals surface area contributed by atoms with Gasteiger partial charge in [-0.25, -0.2) is 4.98 Å². The highest BCUT2D eigenvalue weighted by Crippen LogP contribution is 2.21. The monoisotopic (exact) mass is 234 g/mol. The highest BCUT2D eigenvalue weighted by Gasteiger charge is 2.09. The van der Waals surface area contributed by atoms with Crippen molar-refractivity contribution in [2.75, 3.05) is 13.2 Å². The predicted octanol–water partition coefficient (Wildman–Crippen LogP) is 2.76. The average Bonchev–Trinajstić information content (AvgIpc) is 2.28. The summed E-state index contributed by atoms with van der Waals surface area (Å²) in [4.78, 5) is 4.46. The zero-order chi connectivity index (χ0) is 12.7. The van der Waals surface area contributed by atoms with Gasteiger partial charge in [0.05, 0.1) is 6.61 Å². The normalized spacial score (nSPS) is 10.3. The van der Waals surface area contributed by atoms with Crippen LogP contribution in [0.4, 0.5) is 0 Å². The SMILES string of the molecule is C=CCCOc1nc(C)cc(C)c1CNCC. The van der Waals surface area contributed by atoms with E-state index in [1.54, 1.807) is 0 Å². The van der Waals surface area contributed by atoms with E-state index in [2.05, 4.69) is 36.8 Å². The molecular weight excluding hydrogens is 212 g/mol. The Labute approximate surface area is 104 Å². The Morgan fingerprint density at radius 1 is 1.47 bits per heavy atom. The Bertz CT molecular complexity index is 375. The summed E-state index contributed by atoms with van der Waals surface area (Å²) in [5.41, 5.74) is 3.38. The van der Waals surface area contributed by atoms with E-state index in [4.69, 9.17) is 4.74 Å². The molecule has 1 aromatic heterocycles. The third kappa shape index (κ3) is 4.19. The molecule has 0 bridgehead atoms. The van der Waals surface area contributed by atoms with E-state index in [0.717, 1.165) is 36.6 Å². The number of nitrogens with one attached hydrogen (secondary N) is 1. The Kier molecular flexibility index (Phi) is 5.70. The molecule has 0 aromatic carbocycles. The lowest BCUT2D eigenvalue weighted by Crippen LogP contribution is -2.15. The maximum atomic E-state index is 5.71. The number of hydrogen-bond acceptors (Lipinski definition) is 3. The molecule has 0 atom stereocenters. The molecule has 3 nitrogen and oxygen atoms in total. The van der Waals surface area contributed by atoms with Crippen molar-refractivity contribution < 1.29 is 4.74 Å². The number of nitrogens with zero attached hydrogens (tertiary/aromatic N) is 1. The summed E-state index contributed by atoms with van der Waals surface area (Å²) in [6.45, 7) is 12.3. The van der Waals surface area contributed by atoms with Gasteiger partial charge >= 0.3 is 0 Å². The van der Waals surface area contributed by atoms with E-state index in [1.807, 2.05) is 13.0 Å². The van der Waals surface area contributed by atoms with Gasteiger partial charge in [0.15, 0.2) is 0 Å². The van der Waals surface area contributed by atoms with Crippen LogP contribution < -0.4 is 10.1 Å². The maximum absolute atomic E-state index is 5.71. The first kappa shape index (κ1) is 13.7. The molecule has 0 aliphatic heterocycles. The second-order valence-electron chi connectivity index (χ2n) is 4.07. The van der Waals surface area contributed by atoms with Gasteiger partial charge in [-0.2, -0.15) is 0 Å². The smallest absolute Gasteiger partial charge is 0.218 e. The molecule has 1 N–H and O–H groups in total. The van der Waals surface area contributed by atoms with Crippen molar-refractivity contribution in [3.63, 3.8) is 0 Å². The van der Waals surface area contributed by atoms with Crippen LogP contribution in [0, 0.1) is 13.8 Å². The van der Waals surface area contributed by atoms with Crippen molar-refractivity contribution in [3.05, 3.63) is 35.5 Å². The molecule has 0 fully saturated rings. The quantitative estimate of drug-likeness (QED) is 0.582. The highest BCUT2D eigenvalue weighted by atomic mass is 16.5. The number of hydrogen-bond donors (Lipinski definition) is 1. The molecule has 17 heavy (non-hydrogen) atoms. The lowest BCUT2D eigenvalue weighted by atomic mass is 10.1. The first-order valence-electron chi connectivity index (χ1n) is 6.10. The van der Waals surface area contributed by atoms with Crippen molar-refractivity contribution in [1.29, 1.82) is 0 Å². The van der Waals surface area contributed by atoms with E-state index < -0.39 is 0 Å². The summed E-state index contributed by atoms with van der Waals surface area (Å²) >= 11 is 0. The van der Waals surface area contributed by atoms with Gasteiger partial charge in [-0.15, -0.1) is 6.58 Å². The zero-order valence-corrected chi connectivity index (χ0v) is 11.0. The highest BCUT2D eigenvalue weighted by molar-refractivity contribution is 5.35. The summed E-state index contributed by atoms with van der Waals surface area (Å²) in [7, 11) is 0. The largest absolute Gasteiger partial charge is 0.477 e. The van der Waals surface area contributed by atoms with Gasteiger partial charge < -0.3 is 10.1 Å². The Morgan fingerprint density at radius 2 is 2.24 bits per heavy atom. The van der Waals surface area contributed by atoms with E-state index >= 15 is 0 Å². The summed E-state index contributed by atoms with van der Waals surface area (Å²) in [5, 5.41) is 3.32. The molecule has 0 radical (unpaired) electrons. The minimum atomic E-state index is 0.637. The molecule has 0 saturated carbocycles. The molecule has 1 aromatic rings. The van der Waals surface area contributed by atoms with Gasteiger partial charge in [0.1, 0.15) is 0 Å². The Balaban J connectivity index is 2.85. The fourth-order valence-corrected chi connectivity index (χ4v) is 1.65. The number of aryl methyl sites for hydroxylation is 2. The topological polar surface area (TPSA) is 34.1 Å². The molecule has 1 heterocycles. The molecule has 3 heteroatoms. The minimum absolute atomic E-state index is 0.637. The Morgan fingerprint density at radius 3 is 2.88 bits per heavy atom. The van der Waals surface area contributed by atoms with Crippen LogP contribution in [0.3, 0.4) is 0 Å². The van der Waals surface area contributed by atoms with Gasteiger partial charge in [-0.05, 0) is 38.4 Å². The van der Waals surface area contributed by atoms with E-state index in [0.29, 0.717) is 6.61 Å². The zero-order valence-electron chi connectivity index (χ0n) is 11.0. The van der Waals surface area contributed by atoms with Crippen LogP contribution in [0.2, 0.25) is 0 Å². The van der Waals surface area contributed by atoms with Crippen LogP contribution in [-0.2, 0) is 6.54 Å². The summed E-state index contributed by atoms with van der Waals surface area (Å²) < 4.78 is 5.71. The second kappa shape index (κ2) is 7.07. The number of rotatable bonds is 7. The summed E-state index contributed by atoms with van der Waals surface area (Å²) in [5.74, 6) is 0.755. The first-order chi connectivity index (χ1) is 8.19. The van der Waals surface area contributed by atoms with E-state index in [1.165, 1.54) is 5.56 Å². The molecular formula is C14H22N2O. The van der Waals surface area contributed by atoms with Crippen LogP contribution >= 0.6 is 0 Å². The van der Waals surface area contributed by atoms with Crippen LogP contribution in [0.5, 0.6) is 5.88 Å². The van der Waals surface area contributed by atoms with Crippen LogP contribution in [0.25, 0.3) is 0 Å². The van der Waals surface area contributed by atoms with E-state index in [9.17, 15) is 0 Å². The number of ether oxygens (including phenoxy) is 1. The van der Waals surface area contributed by atoms with Crippen molar-refractivity contribution >= 4 is 0 Å². The summed E-state index contributed by atoms with van der Waals surface area (Å²) in [6.07, 6.45) is 2.70. The second-order valence-corrected chi connectivity index (χ2v) is 4.07. The molecule has 0 aliphatic rings. The minimum Gasteiger partial charge on any atom is -0.477 e. The maximum Gasteiger partial charge on any atom is 0.218 e. The average molecular weight is 234 g/mol. The van der Waals surface area contributed by atoms with Gasteiger partial charge in [0.2, 0.25) is 5.88 Å². The van der Waals surface area contributed by atoms with Crippen molar-refractivity contribution in [2.45, 2.75) is 33.7 Å². The van der Waals surface area contributed by atoms with E-state index in [-0.39, 0.29) is 0 Å². The third-order valence-corrected chi connectivity index (χ3v) is 2.55. The fourth-order valence-electron chi connectivity index (χ4n) is 1.65. The van der Waals surface area contributed by atoms with Crippen LogP contribution in [0.1, 0.15) is 30.2 Å². The van der Waals surface area contributed by atoms with Gasteiger partial charge in [-0.3, -0.25) is 0 Å². The standard InChI is InChI=1S/C14H22N2O/c1-5-7-8-17-14-13(10-15-6-2)11(3)9-12(4)16-14/h5,9,15H,1,6-8,10H2,2-4H3. The molecule has 1 rings (SSSR count). The van der Waals surface area contributed by atoms with Crippen molar-refractivity contribution in [1.82, 2.24) is 10.3 Å². The molecule has 94 valence electrons. The molecule has 0 unspecified atom stereocenters. The first-order valence-corrected chi connectivity index (χ1v) is 6.10. The van der Waals surface area contributed by atoms with Crippen molar-refractivity contribution in [3.8, 4) is 5.88 Å². The van der Waals surface area contributed by atoms with Gasteiger partial charge in [0, 0.05) is 17.8 Å². The summed E-state index contributed by atoms with van der Waals surface area (Å²) in [6, 6.07) is 2.09. The molecule has 0 aliphatic carbocycles. The Hall–Kier alpha value is -1.35. The van der Waals surface area contributed by atoms with Gasteiger partial charge in [0.25, 0.3) is 0 Å². The van der Waals surface area contributed by atoms with Crippen LogP contribution in [-0.4, -0.2) is 18.1 Å². The fraction of sp³-hybridized carbons (Fsp3) is 0.500. The molecule has 0 spiro atoms.